The number of rotatable bonds is 5. The van der Waals surface area contributed by atoms with E-state index in [2.05, 4.69) is 10.3 Å². The molecule has 0 saturated heterocycles. The van der Waals surface area contributed by atoms with Gasteiger partial charge in [-0.15, -0.1) is 0 Å². The molecule has 0 fully saturated rings. The Bertz CT molecular complexity index is 491. The smallest absolute Gasteiger partial charge is 0.308 e. The molecule has 0 saturated carbocycles. The van der Waals surface area contributed by atoms with Gasteiger partial charge in [-0.3, -0.25) is 4.79 Å². The molecular weight excluding hydrogens is 236 g/mol. The molecule has 1 aromatic heterocycles. The molecule has 0 aliphatic heterocycles. The first-order valence-corrected chi connectivity index (χ1v) is 6.34. The van der Waals surface area contributed by atoms with Gasteiger partial charge in [-0.05, 0) is 18.6 Å². The Morgan fingerprint density at radius 2 is 2.29 bits per heavy atom. The van der Waals surface area contributed by atoms with Gasteiger partial charge in [0.25, 0.3) is 0 Å². The van der Waals surface area contributed by atoms with Crippen LogP contribution in [-0.4, -0.2) is 22.6 Å². The summed E-state index contributed by atoms with van der Waals surface area (Å²) in [6, 6.07) is 7.87. The third-order valence-electron chi connectivity index (χ3n) is 2.64. The number of thiazole rings is 1. The second kappa shape index (κ2) is 5.14. The van der Waals surface area contributed by atoms with E-state index in [-0.39, 0.29) is 5.92 Å². The molecule has 4 nitrogen and oxygen atoms in total. The van der Waals surface area contributed by atoms with Crippen LogP contribution in [0.3, 0.4) is 0 Å². The van der Waals surface area contributed by atoms with Crippen LogP contribution in [0.25, 0.3) is 10.2 Å². The minimum Gasteiger partial charge on any atom is -0.481 e. The maximum absolute atomic E-state index is 10.9. The number of hydrogen-bond acceptors (Lipinski definition) is 4. The van der Waals surface area contributed by atoms with Crippen molar-refractivity contribution < 1.29 is 9.90 Å². The fraction of sp³-hybridized carbons (Fsp3) is 0.333. The van der Waals surface area contributed by atoms with Crippen molar-refractivity contribution in [2.45, 2.75) is 13.3 Å². The Morgan fingerprint density at radius 3 is 2.94 bits per heavy atom. The summed E-state index contributed by atoms with van der Waals surface area (Å²) >= 11 is 1.55. The van der Waals surface area contributed by atoms with Gasteiger partial charge in [-0.2, -0.15) is 0 Å². The van der Waals surface area contributed by atoms with Crippen molar-refractivity contribution >= 4 is 32.7 Å². The van der Waals surface area contributed by atoms with Crippen LogP contribution in [-0.2, 0) is 4.79 Å². The number of nitrogens with zero attached hydrogens (tertiary/aromatic N) is 1. The van der Waals surface area contributed by atoms with E-state index in [1.807, 2.05) is 31.2 Å². The van der Waals surface area contributed by atoms with Crippen LogP contribution in [0.1, 0.15) is 13.3 Å². The van der Waals surface area contributed by atoms with Crippen molar-refractivity contribution in [1.29, 1.82) is 0 Å². The summed E-state index contributed by atoms with van der Waals surface area (Å²) in [6.45, 7) is 2.30. The number of carboxylic acid groups (broad SMARTS) is 1. The van der Waals surface area contributed by atoms with Gasteiger partial charge in [-0.25, -0.2) is 4.98 Å². The molecule has 0 aliphatic rings. The fourth-order valence-corrected chi connectivity index (χ4v) is 2.44. The van der Waals surface area contributed by atoms with Crippen molar-refractivity contribution in [3.8, 4) is 0 Å². The Kier molecular flexibility index (Phi) is 3.58. The number of nitrogens with one attached hydrogen (secondary N) is 1. The zero-order chi connectivity index (χ0) is 12.3. The maximum atomic E-state index is 10.9. The van der Waals surface area contributed by atoms with E-state index < -0.39 is 5.97 Å². The minimum absolute atomic E-state index is 0.359. The van der Waals surface area contributed by atoms with Crippen LogP contribution >= 0.6 is 11.3 Å². The van der Waals surface area contributed by atoms with Gasteiger partial charge >= 0.3 is 5.97 Å². The number of aliphatic carboxylic acids is 1. The Hall–Kier alpha value is -1.62. The highest BCUT2D eigenvalue weighted by Gasteiger charge is 2.15. The highest BCUT2D eigenvalue weighted by molar-refractivity contribution is 7.22. The Balaban J connectivity index is 2.06. The molecule has 1 heterocycles. The van der Waals surface area contributed by atoms with Gasteiger partial charge in [0.1, 0.15) is 0 Å². The molecule has 17 heavy (non-hydrogen) atoms. The van der Waals surface area contributed by atoms with Gasteiger partial charge in [0.05, 0.1) is 16.1 Å². The second-order valence-electron chi connectivity index (χ2n) is 3.81. The van der Waals surface area contributed by atoms with E-state index in [0.29, 0.717) is 13.0 Å². The highest BCUT2D eigenvalue weighted by Crippen LogP contribution is 2.25. The summed E-state index contributed by atoms with van der Waals surface area (Å²) in [5.74, 6) is -1.12. The van der Waals surface area contributed by atoms with E-state index in [9.17, 15) is 4.79 Å². The Labute approximate surface area is 103 Å². The van der Waals surface area contributed by atoms with Gasteiger partial charge in [0, 0.05) is 6.54 Å². The zero-order valence-corrected chi connectivity index (χ0v) is 10.3. The minimum atomic E-state index is -0.763. The van der Waals surface area contributed by atoms with Crippen LogP contribution in [0, 0.1) is 5.92 Å². The topological polar surface area (TPSA) is 62.2 Å². The van der Waals surface area contributed by atoms with Crippen molar-refractivity contribution in [1.82, 2.24) is 4.98 Å². The number of hydrogen-bond donors (Lipinski definition) is 2. The average Bonchev–Trinajstić information content (AvgIpc) is 2.71. The molecular formula is C12H14N2O2S. The van der Waals surface area contributed by atoms with E-state index in [1.54, 1.807) is 11.3 Å². The second-order valence-corrected chi connectivity index (χ2v) is 4.84. The lowest BCUT2D eigenvalue weighted by molar-refractivity contribution is -0.141. The van der Waals surface area contributed by atoms with Gasteiger partial charge in [-0.1, -0.05) is 30.4 Å². The normalized spacial score (nSPS) is 12.5. The van der Waals surface area contributed by atoms with E-state index in [0.717, 1.165) is 15.3 Å². The first-order valence-electron chi connectivity index (χ1n) is 5.53. The molecule has 0 amide bonds. The lowest BCUT2D eigenvalue weighted by Crippen LogP contribution is -2.21. The number of aromatic nitrogens is 1. The molecule has 2 rings (SSSR count). The number of benzene rings is 1. The molecule has 1 aromatic carbocycles. The maximum Gasteiger partial charge on any atom is 0.308 e. The molecule has 90 valence electrons. The van der Waals surface area contributed by atoms with E-state index in [4.69, 9.17) is 5.11 Å². The highest BCUT2D eigenvalue weighted by atomic mass is 32.1. The molecule has 0 spiro atoms. The molecule has 1 unspecified atom stereocenters. The number of anilines is 1. The third kappa shape index (κ3) is 2.74. The third-order valence-corrected chi connectivity index (χ3v) is 3.63. The quantitative estimate of drug-likeness (QED) is 0.856. The lowest BCUT2D eigenvalue weighted by Gasteiger charge is -2.09. The molecule has 1 atom stereocenters. The van der Waals surface area contributed by atoms with E-state index >= 15 is 0 Å². The molecule has 0 aliphatic carbocycles. The van der Waals surface area contributed by atoms with Crippen molar-refractivity contribution in [3.63, 3.8) is 0 Å². The molecule has 0 bridgehead atoms. The predicted octanol–water partition coefficient (Wildman–Crippen LogP) is 2.82. The molecule has 5 heteroatoms. The van der Waals surface area contributed by atoms with Crippen LogP contribution in [0.5, 0.6) is 0 Å². The van der Waals surface area contributed by atoms with Crippen molar-refractivity contribution in [3.05, 3.63) is 24.3 Å². The van der Waals surface area contributed by atoms with Crippen molar-refractivity contribution in [2.24, 2.45) is 5.92 Å². The summed E-state index contributed by atoms with van der Waals surface area (Å²) < 4.78 is 1.11. The summed E-state index contributed by atoms with van der Waals surface area (Å²) in [5.41, 5.74) is 0.948. The number of carbonyl (C=O) groups is 1. The first-order chi connectivity index (χ1) is 8.20. The SMILES string of the molecule is CCC(CNc1nc2ccccc2s1)C(=O)O. The standard InChI is InChI=1S/C12H14N2O2S/c1-2-8(11(15)16)7-13-12-14-9-5-3-4-6-10(9)17-12/h3-6,8H,2,7H2,1H3,(H,13,14)(H,15,16). The number of para-hydroxylation sites is 1. The summed E-state index contributed by atoms with van der Waals surface area (Å²) in [5, 5.41) is 12.8. The van der Waals surface area contributed by atoms with E-state index in [1.165, 1.54) is 0 Å². The monoisotopic (exact) mass is 250 g/mol. The predicted molar refractivity (Wildman–Crippen MR) is 69.5 cm³/mol. The fourth-order valence-electron chi connectivity index (χ4n) is 1.56. The number of fused-ring (bicyclic) bond motifs is 1. The van der Waals surface area contributed by atoms with Crippen LogP contribution in [0.4, 0.5) is 5.13 Å². The molecule has 2 N–H and O–H groups in total. The summed E-state index contributed by atoms with van der Waals surface area (Å²) in [4.78, 5) is 15.3. The van der Waals surface area contributed by atoms with Gasteiger partial charge < -0.3 is 10.4 Å². The lowest BCUT2D eigenvalue weighted by atomic mass is 10.1. The first kappa shape index (κ1) is 11.9. The largest absolute Gasteiger partial charge is 0.481 e. The Morgan fingerprint density at radius 1 is 1.53 bits per heavy atom. The van der Waals surface area contributed by atoms with Crippen molar-refractivity contribution in [2.75, 3.05) is 11.9 Å². The van der Waals surface area contributed by atoms with Crippen LogP contribution < -0.4 is 5.32 Å². The molecule has 0 radical (unpaired) electrons. The molecule has 2 aromatic rings. The van der Waals surface area contributed by atoms with Gasteiger partial charge in [0.2, 0.25) is 0 Å². The summed E-state index contributed by atoms with van der Waals surface area (Å²) in [7, 11) is 0. The van der Waals surface area contributed by atoms with Crippen LogP contribution in [0.2, 0.25) is 0 Å². The van der Waals surface area contributed by atoms with Gasteiger partial charge in [0.15, 0.2) is 5.13 Å². The zero-order valence-electron chi connectivity index (χ0n) is 9.51. The van der Waals surface area contributed by atoms with Crippen LogP contribution in [0.15, 0.2) is 24.3 Å². The summed E-state index contributed by atoms with van der Waals surface area (Å²) in [6.07, 6.45) is 0.618. The average molecular weight is 250 g/mol. The number of carboxylic acids is 1.